The van der Waals surface area contributed by atoms with Crippen LogP contribution in [0.2, 0.25) is 0 Å². The fraction of sp³-hybridized carbons (Fsp3) is 0.125. The normalized spacial score (nSPS) is 14.9. The Labute approximate surface area is 288 Å². The van der Waals surface area contributed by atoms with Gasteiger partial charge in [0.1, 0.15) is 0 Å². The third-order valence-electron chi connectivity index (χ3n) is 11.6. The Balaban J connectivity index is 1.20. The maximum absolute atomic E-state index is 2.47. The third kappa shape index (κ3) is 3.93. The monoisotopic (exact) mass is 627 g/mol. The van der Waals surface area contributed by atoms with Crippen molar-refractivity contribution in [3.63, 3.8) is 0 Å². The second kappa shape index (κ2) is 9.94. The van der Waals surface area contributed by atoms with Gasteiger partial charge in [-0.2, -0.15) is 0 Å². The molecule has 8 aromatic carbocycles. The van der Waals surface area contributed by atoms with E-state index in [9.17, 15) is 0 Å². The van der Waals surface area contributed by atoms with E-state index in [0.29, 0.717) is 0 Å². The van der Waals surface area contributed by atoms with E-state index in [4.69, 9.17) is 0 Å². The van der Waals surface area contributed by atoms with Gasteiger partial charge in [0.25, 0.3) is 0 Å². The molecule has 0 heterocycles. The van der Waals surface area contributed by atoms with Crippen molar-refractivity contribution in [3.8, 4) is 22.3 Å². The molecule has 0 N–H and O–H groups in total. The Morgan fingerprint density at radius 2 is 0.939 bits per heavy atom. The van der Waals surface area contributed by atoms with Gasteiger partial charge < -0.3 is 4.90 Å². The highest BCUT2D eigenvalue weighted by Gasteiger charge is 2.38. The van der Waals surface area contributed by atoms with Gasteiger partial charge in [0.05, 0.1) is 5.69 Å². The predicted molar refractivity (Wildman–Crippen MR) is 209 cm³/mol. The standard InChI is InChI=1S/C48H37N/c1-47(2)41-21-13-12-20-38(41)46-37-19-11-10-18-36(37)45(29-44(46)47)49(34-16-6-5-7-17-34)35-23-22-32-26-40-39-25-30-14-8-9-15-31(30)27-42(39)48(3,4)43(40)28-33(32)24-35/h5-29H,1-4H3. The van der Waals surface area contributed by atoms with Crippen molar-refractivity contribution < 1.29 is 0 Å². The summed E-state index contributed by atoms with van der Waals surface area (Å²) in [5.41, 5.74) is 14.4. The Kier molecular flexibility index (Phi) is 5.75. The van der Waals surface area contributed by atoms with E-state index in [1.807, 2.05) is 0 Å². The van der Waals surface area contributed by atoms with Crippen LogP contribution in [-0.2, 0) is 10.8 Å². The highest BCUT2D eigenvalue weighted by molar-refractivity contribution is 6.10. The topological polar surface area (TPSA) is 3.24 Å². The van der Waals surface area contributed by atoms with Crippen LogP contribution in [0.5, 0.6) is 0 Å². The largest absolute Gasteiger partial charge is 0.310 e. The second-order valence-electron chi connectivity index (χ2n) is 15.0. The summed E-state index contributed by atoms with van der Waals surface area (Å²) in [7, 11) is 0. The van der Waals surface area contributed by atoms with E-state index in [1.54, 1.807) is 0 Å². The molecule has 2 aliphatic rings. The van der Waals surface area contributed by atoms with Crippen molar-refractivity contribution >= 4 is 49.4 Å². The maximum atomic E-state index is 2.47. The summed E-state index contributed by atoms with van der Waals surface area (Å²) in [6.45, 7) is 9.52. The van der Waals surface area contributed by atoms with E-state index in [0.717, 1.165) is 11.4 Å². The van der Waals surface area contributed by atoms with Crippen LogP contribution in [0, 0.1) is 0 Å². The minimum absolute atomic E-state index is 0.0885. The van der Waals surface area contributed by atoms with Crippen LogP contribution < -0.4 is 4.90 Å². The zero-order chi connectivity index (χ0) is 33.1. The fourth-order valence-electron chi connectivity index (χ4n) is 9.01. The third-order valence-corrected chi connectivity index (χ3v) is 11.6. The molecule has 0 amide bonds. The van der Waals surface area contributed by atoms with E-state index in [-0.39, 0.29) is 10.8 Å². The second-order valence-corrected chi connectivity index (χ2v) is 15.0. The number of fused-ring (bicyclic) bond motifs is 10. The SMILES string of the molecule is CC1(C)c2cc3ccccc3cc2-c2cc3ccc(N(c4ccccc4)c4cc5c(c6ccccc46)-c4ccccc4C5(C)C)cc3cc21. The lowest BCUT2D eigenvalue weighted by Gasteiger charge is -2.30. The van der Waals surface area contributed by atoms with Crippen LogP contribution >= 0.6 is 0 Å². The lowest BCUT2D eigenvalue weighted by atomic mass is 9.81. The van der Waals surface area contributed by atoms with Crippen LogP contribution in [-0.4, -0.2) is 0 Å². The number of rotatable bonds is 3. The Morgan fingerprint density at radius 1 is 0.367 bits per heavy atom. The van der Waals surface area contributed by atoms with Crippen molar-refractivity contribution in [2.45, 2.75) is 38.5 Å². The average Bonchev–Trinajstić information content (AvgIpc) is 3.49. The summed E-state index contributed by atoms with van der Waals surface area (Å²) in [6, 6.07) is 56.8. The Morgan fingerprint density at radius 3 is 1.69 bits per heavy atom. The molecule has 1 nitrogen and oxygen atoms in total. The molecular weight excluding hydrogens is 591 g/mol. The van der Waals surface area contributed by atoms with Crippen molar-refractivity contribution in [2.24, 2.45) is 0 Å². The van der Waals surface area contributed by atoms with E-state index >= 15 is 0 Å². The molecule has 0 spiro atoms. The molecule has 49 heavy (non-hydrogen) atoms. The molecule has 0 unspecified atom stereocenters. The quantitative estimate of drug-likeness (QED) is 0.188. The van der Waals surface area contributed by atoms with Gasteiger partial charge in [0.15, 0.2) is 0 Å². The number of hydrogen-bond donors (Lipinski definition) is 0. The first-order valence-electron chi connectivity index (χ1n) is 17.4. The molecule has 2 aliphatic carbocycles. The average molecular weight is 628 g/mol. The first-order valence-corrected chi connectivity index (χ1v) is 17.4. The number of benzene rings is 8. The van der Waals surface area contributed by atoms with Gasteiger partial charge in [-0.1, -0.05) is 125 Å². The number of para-hydroxylation sites is 1. The molecule has 0 fully saturated rings. The van der Waals surface area contributed by atoms with Gasteiger partial charge in [-0.05, 0) is 126 Å². The smallest absolute Gasteiger partial charge is 0.0543 e. The van der Waals surface area contributed by atoms with Gasteiger partial charge in [-0.25, -0.2) is 0 Å². The van der Waals surface area contributed by atoms with Crippen LogP contribution in [0.3, 0.4) is 0 Å². The summed E-state index contributed by atoms with van der Waals surface area (Å²) in [4.78, 5) is 2.47. The van der Waals surface area contributed by atoms with Gasteiger partial charge >= 0.3 is 0 Å². The number of nitrogens with zero attached hydrogens (tertiary/aromatic N) is 1. The maximum Gasteiger partial charge on any atom is 0.0543 e. The summed E-state index contributed by atoms with van der Waals surface area (Å²) in [5, 5.41) is 7.70. The minimum Gasteiger partial charge on any atom is -0.310 e. The molecule has 1 heteroatoms. The summed E-state index contributed by atoms with van der Waals surface area (Å²) < 4.78 is 0. The molecule has 0 aromatic heterocycles. The van der Waals surface area contributed by atoms with Gasteiger partial charge in [0, 0.05) is 27.6 Å². The summed E-state index contributed by atoms with van der Waals surface area (Å²) in [5.74, 6) is 0. The number of anilines is 3. The van der Waals surface area contributed by atoms with Crippen molar-refractivity contribution in [1.82, 2.24) is 0 Å². The Bertz CT molecular complexity index is 2660. The highest BCUT2D eigenvalue weighted by Crippen LogP contribution is 2.55. The Hall–Kier alpha value is -5.66. The first-order chi connectivity index (χ1) is 23.8. The summed E-state index contributed by atoms with van der Waals surface area (Å²) >= 11 is 0. The van der Waals surface area contributed by atoms with E-state index in [1.165, 1.54) is 82.5 Å². The van der Waals surface area contributed by atoms with Crippen molar-refractivity contribution in [3.05, 3.63) is 174 Å². The molecule has 234 valence electrons. The van der Waals surface area contributed by atoms with Crippen LogP contribution in [0.4, 0.5) is 17.1 Å². The fourth-order valence-corrected chi connectivity index (χ4v) is 9.01. The van der Waals surface area contributed by atoms with Crippen molar-refractivity contribution in [2.75, 3.05) is 4.90 Å². The predicted octanol–water partition coefficient (Wildman–Crippen LogP) is 13.2. The van der Waals surface area contributed by atoms with Gasteiger partial charge in [-0.15, -0.1) is 0 Å². The molecule has 0 saturated heterocycles. The summed E-state index contributed by atoms with van der Waals surface area (Å²) in [6.07, 6.45) is 0. The van der Waals surface area contributed by atoms with Crippen molar-refractivity contribution in [1.29, 1.82) is 0 Å². The van der Waals surface area contributed by atoms with Crippen LogP contribution in [0.1, 0.15) is 49.9 Å². The highest BCUT2D eigenvalue weighted by atomic mass is 15.1. The minimum atomic E-state index is -0.109. The molecule has 10 rings (SSSR count). The molecule has 0 atom stereocenters. The molecule has 0 saturated carbocycles. The van der Waals surface area contributed by atoms with Gasteiger partial charge in [0.2, 0.25) is 0 Å². The number of hydrogen-bond acceptors (Lipinski definition) is 1. The molecule has 0 bridgehead atoms. The first kappa shape index (κ1) is 28.4. The van der Waals surface area contributed by atoms with Crippen LogP contribution in [0.15, 0.2) is 152 Å². The van der Waals surface area contributed by atoms with E-state index < -0.39 is 0 Å². The molecule has 0 radical (unpaired) electrons. The van der Waals surface area contributed by atoms with E-state index in [2.05, 4.69) is 184 Å². The van der Waals surface area contributed by atoms with Gasteiger partial charge in [-0.3, -0.25) is 0 Å². The van der Waals surface area contributed by atoms with Crippen LogP contribution in [0.25, 0.3) is 54.6 Å². The zero-order valence-corrected chi connectivity index (χ0v) is 28.4. The molecular formula is C48H37N. The molecule has 0 aliphatic heterocycles. The zero-order valence-electron chi connectivity index (χ0n) is 28.4. The lowest BCUT2D eigenvalue weighted by Crippen LogP contribution is -2.17. The molecule has 8 aromatic rings. The lowest BCUT2D eigenvalue weighted by molar-refractivity contribution is 0.661.